The van der Waals surface area contributed by atoms with Crippen molar-refractivity contribution in [3.8, 4) is 23.8 Å². The van der Waals surface area contributed by atoms with Gasteiger partial charge in [-0.1, -0.05) is 205 Å². The van der Waals surface area contributed by atoms with E-state index in [2.05, 4.69) is 162 Å². The number of rotatable bonds is 12. The quantitative estimate of drug-likeness (QED) is 0.122. The molecule has 4 atom stereocenters. The molecule has 0 spiro atoms. The average molecular weight is 859 g/mol. The Kier molecular flexibility index (Phi) is 15.4. The Hall–Kier alpha value is -4.57. The topological polar surface area (TPSA) is 102 Å². The van der Waals surface area contributed by atoms with Crippen molar-refractivity contribution in [3.05, 3.63) is 121 Å². The number of terminal acetylenes is 1. The van der Waals surface area contributed by atoms with E-state index in [9.17, 15) is 10.2 Å². The number of aliphatic hydroxyl groups is 2. The molecular formula is C49H62N2O6Si3. The summed E-state index contributed by atoms with van der Waals surface area (Å²) in [4.78, 5) is 10.9. The second kappa shape index (κ2) is 19.9. The van der Waals surface area contributed by atoms with Gasteiger partial charge in [0.15, 0.2) is 12.2 Å². The molecule has 2 aliphatic rings. The van der Waals surface area contributed by atoms with Crippen molar-refractivity contribution < 1.29 is 28.7 Å². The fraction of sp³-hybridized carbons (Fsp3) is 0.388. The highest BCUT2D eigenvalue weighted by Crippen LogP contribution is 2.38. The number of aliphatic hydroxyl groups excluding tert-OH is 2. The number of benzene rings is 4. The molecule has 60 heavy (non-hydrogen) atoms. The fourth-order valence-corrected chi connectivity index (χ4v) is 17.5. The van der Waals surface area contributed by atoms with E-state index in [1.807, 2.05) is 48.5 Å². The minimum atomic E-state index is -2.70. The first kappa shape index (κ1) is 46.5. The molecule has 0 amide bonds. The van der Waals surface area contributed by atoms with Gasteiger partial charge in [-0.3, -0.25) is 0 Å². The molecule has 0 fully saturated rings. The van der Waals surface area contributed by atoms with Gasteiger partial charge in [-0.15, -0.1) is 12.0 Å². The second-order valence-electron chi connectivity index (χ2n) is 18.5. The van der Waals surface area contributed by atoms with Gasteiger partial charge in [-0.25, -0.2) is 0 Å². The molecular weight excluding hydrogens is 797 g/mol. The van der Waals surface area contributed by atoms with Crippen LogP contribution in [0, 0.1) is 23.8 Å². The van der Waals surface area contributed by atoms with Crippen LogP contribution in [-0.2, 0) is 18.5 Å². The van der Waals surface area contributed by atoms with Crippen LogP contribution in [0.25, 0.3) is 0 Å². The van der Waals surface area contributed by atoms with E-state index in [0.29, 0.717) is 24.3 Å². The van der Waals surface area contributed by atoms with Crippen LogP contribution in [0.15, 0.2) is 132 Å². The van der Waals surface area contributed by atoms with Crippen molar-refractivity contribution in [2.45, 2.75) is 109 Å². The third kappa shape index (κ3) is 11.0. The Bertz CT molecular complexity index is 2070. The molecule has 8 nitrogen and oxygen atoms in total. The standard InChI is InChI=1S/C26H35NO3Si2.C23H27NO3Si/c1-26(2,3)32(22-13-9-7-10-14-22,23-15-11-8-12-16-23)29-20-24(28)25-19-21(27-30-25)17-18-31(4,5)6;1-5-18-16-22(27-24-18)21(25)17-26-28(23(2,3)4,19-12-8-6-9-13-19)20-14-10-7-11-15-20/h7-16,24-25,28H,19-20H2,1-6H3;1,6-15,21-22,25H,16-17H2,2-4H3/t24-,25-;21-,22-/m00/s1. The van der Waals surface area contributed by atoms with Gasteiger partial charge in [0.05, 0.1) is 13.2 Å². The van der Waals surface area contributed by atoms with Gasteiger partial charge in [0.1, 0.15) is 31.7 Å². The summed E-state index contributed by atoms with van der Waals surface area (Å²) in [6.07, 6.45) is 3.84. The van der Waals surface area contributed by atoms with Gasteiger partial charge in [-0.05, 0) is 30.8 Å². The zero-order chi connectivity index (χ0) is 43.6. The average Bonchev–Trinajstić information content (AvgIpc) is 3.92. The molecule has 0 bridgehead atoms. The van der Waals surface area contributed by atoms with Gasteiger partial charge in [0.2, 0.25) is 0 Å². The molecule has 0 aromatic heterocycles. The summed E-state index contributed by atoms with van der Waals surface area (Å²) >= 11 is 0. The number of hydrogen-bond donors (Lipinski definition) is 2. The second-order valence-corrected chi connectivity index (χ2v) is 31.9. The molecule has 4 aromatic rings. The maximum absolute atomic E-state index is 11.0. The molecule has 6 rings (SSSR count). The van der Waals surface area contributed by atoms with Crippen molar-refractivity contribution in [2.24, 2.45) is 10.3 Å². The highest BCUT2D eigenvalue weighted by Gasteiger charge is 2.52. The fourth-order valence-electron chi connectivity index (χ4n) is 7.78. The Morgan fingerprint density at radius 1 is 0.600 bits per heavy atom. The van der Waals surface area contributed by atoms with Crippen LogP contribution in [0.4, 0.5) is 0 Å². The van der Waals surface area contributed by atoms with Crippen LogP contribution in [0.3, 0.4) is 0 Å². The molecule has 2 heterocycles. The maximum atomic E-state index is 11.0. The van der Waals surface area contributed by atoms with Gasteiger partial charge >= 0.3 is 0 Å². The maximum Gasteiger partial charge on any atom is 0.261 e. The van der Waals surface area contributed by atoms with E-state index in [4.69, 9.17) is 25.0 Å². The van der Waals surface area contributed by atoms with E-state index in [1.165, 1.54) is 20.7 Å². The summed E-state index contributed by atoms with van der Waals surface area (Å²) < 4.78 is 13.5. The first-order valence-electron chi connectivity index (χ1n) is 20.7. The highest BCUT2D eigenvalue weighted by molar-refractivity contribution is 7.00. The lowest BCUT2D eigenvalue weighted by atomic mass is 10.1. The van der Waals surface area contributed by atoms with Crippen LogP contribution in [-0.4, -0.2) is 84.0 Å². The minimum absolute atomic E-state index is 0.142. The van der Waals surface area contributed by atoms with Crippen LogP contribution in [0.1, 0.15) is 54.4 Å². The van der Waals surface area contributed by atoms with Crippen molar-refractivity contribution in [1.82, 2.24) is 0 Å². The lowest BCUT2D eigenvalue weighted by molar-refractivity contribution is -0.0376. The van der Waals surface area contributed by atoms with Gasteiger partial charge < -0.3 is 28.7 Å². The molecule has 11 heteroatoms. The SMILES string of the molecule is C#CC1=NO[C@H]([C@@H](O)CO[Si](c2ccccc2)(c2ccccc2)C(C)(C)C)C1.CC(C)(C)[Si](OC[C@H](O)[C@@H]1CC(C#C[Si](C)(C)C)=NO1)(c1ccccc1)c1ccccc1. The lowest BCUT2D eigenvalue weighted by Gasteiger charge is -2.43. The molecule has 0 saturated carbocycles. The molecule has 316 valence electrons. The summed E-state index contributed by atoms with van der Waals surface area (Å²) in [6, 6.07) is 41.6. The van der Waals surface area contributed by atoms with E-state index in [-0.39, 0.29) is 23.3 Å². The lowest BCUT2D eigenvalue weighted by Crippen LogP contribution is -2.67. The molecule has 0 unspecified atom stereocenters. The highest BCUT2D eigenvalue weighted by atomic mass is 28.4. The largest absolute Gasteiger partial charge is 0.405 e. The normalized spacial score (nSPS) is 17.9. The molecule has 4 aromatic carbocycles. The zero-order valence-electron chi connectivity index (χ0n) is 36.7. The van der Waals surface area contributed by atoms with Crippen molar-refractivity contribution in [2.75, 3.05) is 13.2 Å². The summed E-state index contributed by atoms with van der Waals surface area (Å²) in [6.45, 7) is 20.2. The summed E-state index contributed by atoms with van der Waals surface area (Å²) in [5.74, 6) is 5.63. The van der Waals surface area contributed by atoms with Crippen molar-refractivity contribution in [3.63, 3.8) is 0 Å². The summed E-state index contributed by atoms with van der Waals surface area (Å²) in [5.41, 5.74) is 4.55. The molecule has 0 saturated heterocycles. The van der Waals surface area contributed by atoms with Crippen molar-refractivity contribution >= 4 is 56.9 Å². The molecule has 2 aliphatic heterocycles. The van der Waals surface area contributed by atoms with Gasteiger partial charge in [0.25, 0.3) is 16.6 Å². The van der Waals surface area contributed by atoms with Gasteiger partial charge in [-0.2, -0.15) is 0 Å². The predicted octanol–water partition coefficient (Wildman–Crippen LogP) is 6.65. The summed E-state index contributed by atoms with van der Waals surface area (Å²) in [7, 11) is -6.87. The smallest absolute Gasteiger partial charge is 0.261 e. The van der Waals surface area contributed by atoms with E-state index < -0.39 is 49.1 Å². The third-order valence-electron chi connectivity index (χ3n) is 10.8. The van der Waals surface area contributed by atoms with Crippen molar-refractivity contribution in [1.29, 1.82) is 0 Å². The molecule has 0 aliphatic carbocycles. The minimum Gasteiger partial charge on any atom is -0.405 e. The Labute approximate surface area is 361 Å². The van der Waals surface area contributed by atoms with E-state index >= 15 is 0 Å². The zero-order valence-corrected chi connectivity index (χ0v) is 39.7. The molecule has 0 radical (unpaired) electrons. The van der Waals surface area contributed by atoms with Crippen LogP contribution >= 0.6 is 0 Å². The van der Waals surface area contributed by atoms with Crippen LogP contribution < -0.4 is 20.7 Å². The Morgan fingerprint density at radius 3 is 1.20 bits per heavy atom. The summed E-state index contributed by atoms with van der Waals surface area (Å²) in [5, 5.41) is 34.1. The van der Waals surface area contributed by atoms with E-state index in [0.717, 1.165) is 0 Å². The number of hydrogen-bond acceptors (Lipinski definition) is 8. The number of oxime groups is 2. The van der Waals surface area contributed by atoms with Crippen LogP contribution in [0.5, 0.6) is 0 Å². The van der Waals surface area contributed by atoms with E-state index in [1.54, 1.807) is 0 Å². The first-order valence-corrected chi connectivity index (χ1v) is 28.0. The Morgan fingerprint density at radius 2 is 0.917 bits per heavy atom. The third-order valence-corrected chi connectivity index (χ3v) is 21.7. The molecule has 2 N–H and O–H groups in total. The van der Waals surface area contributed by atoms with Gasteiger partial charge in [0, 0.05) is 12.8 Å². The monoisotopic (exact) mass is 858 g/mol. The Balaban J connectivity index is 0.000000230. The number of nitrogens with zero attached hydrogens (tertiary/aromatic N) is 2. The predicted molar refractivity (Wildman–Crippen MR) is 253 cm³/mol. The first-order chi connectivity index (χ1) is 28.4. The van der Waals surface area contributed by atoms with Crippen LogP contribution in [0.2, 0.25) is 29.7 Å².